The number of nitrogens with one attached hydrogen (secondary N) is 2. The molecule has 1 aliphatic rings. The molecule has 0 aliphatic carbocycles. The second-order valence-corrected chi connectivity index (χ2v) is 5.39. The van der Waals surface area contributed by atoms with E-state index >= 15 is 0 Å². The molecular formula is C12H19N3O2. The first-order chi connectivity index (χ1) is 7.97. The highest BCUT2D eigenvalue weighted by Crippen LogP contribution is 2.24. The molecule has 17 heavy (non-hydrogen) atoms. The highest BCUT2D eigenvalue weighted by atomic mass is 16.6. The van der Waals surface area contributed by atoms with Gasteiger partial charge in [0.1, 0.15) is 11.2 Å². The summed E-state index contributed by atoms with van der Waals surface area (Å²) < 4.78 is 5.36. The lowest BCUT2D eigenvalue weighted by molar-refractivity contribution is 0.00680. The summed E-state index contributed by atoms with van der Waals surface area (Å²) >= 11 is 0. The van der Waals surface area contributed by atoms with Gasteiger partial charge in [-0.25, -0.2) is 4.79 Å². The fourth-order valence-electron chi connectivity index (χ4n) is 2.00. The molecule has 5 nitrogen and oxygen atoms in total. The summed E-state index contributed by atoms with van der Waals surface area (Å²) in [6.45, 7) is 7.46. The number of carbonyl (C=O) groups is 1. The van der Waals surface area contributed by atoms with Gasteiger partial charge in [-0.3, -0.25) is 5.10 Å². The van der Waals surface area contributed by atoms with Crippen LogP contribution in [0.4, 0.5) is 0 Å². The molecule has 0 radical (unpaired) electrons. The summed E-state index contributed by atoms with van der Waals surface area (Å²) in [7, 11) is 0. The maximum Gasteiger partial charge on any atom is 0.342 e. The molecule has 1 atom stereocenters. The van der Waals surface area contributed by atoms with Gasteiger partial charge in [0.05, 0.1) is 11.9 Å². The fourth-order valence-corrected chi connectivity index (χ4v) is 2.00. The highest BCUT2D eigenvalue weighted by Gasteiger charge is 2.27. The van der Waals surface area contributed by atoms with E-state index in [2.05, 4.69) is 15.5 Å². The molecule has 1 aromatic rings. The average Bonchev–Trinajstić information content (AvgIpc) is 2.85. The monoisotopic (exact) mass is 237 g/mol. The van der Waals surface area contributed by atoms with E-state index in [0.717, 1.165) is 25.2 Å². The number of H-pyrrole nitrogens is 1. The molecule has 1 aliphatic heterocycles. The molecule has 0 amide bonds. The normalized spacial score (nSPS) is 20.5. The van der Waals surface area contributed by atoms with Crippen molar-refractivity contribution in [3.8, 4) is 0 Å². The SMILES string of the molecule is CC(C)(C)OC(=O)c1cn[nH]c1C1CCNC1. The van der Waals surface area contributed by atoms with E-state index in [1.807, 2.05) is 20.8 Å². The summed E-state index contributed by atoms with van der Waals surface area (Å²) in [5, 5.41) is 10.2. The molecule has 1 aromatic heterocycles. The van der Waals surface area contributed by atoms with Gasteiger partial charge in [-0.15, -0.1) is 0 Å². The van der Waals surface area contributed by atoms with Gasteiger partial charge >= 0.3 is 5.97 Å². The predicted octanol–water partition coefficient (Wildman–Crippen LogP) is 1.44. The van der Waals surface area contributed by atoms with Crippen molar-refractivity contribution < 1.29 is 9.53 Å². The van der Waals surface area contributed by atoms with Gasteiger partial charge in [0.15, 0.2) is 0 Å². The zero-order chi connectivity index (χ0) is 12.5. The number of hydrogen-bond donors (Lipinski definition) is 2. The van der Waals surface area contributed by atoms with Crippen LogP contribution in [0, 0.1) is 0 Å². The van der Waals surface area contributed by atoms with E-state index in [0.29, 0.717) is 11.5 Å². The molecular weight excluding hydrogens is 218 g/mol. The van der Waals surface area contributed by atoms with Crippen molar-refractivity contribution in [1.82, 2.24) is 15.5 Å². The maximum atomic E-state index is 12.0. The van der Waals surface area contributed by atoms with E-state index in [9.17, 15) is 4.79 Å². The first-order valence-electron chi connectivity index (χ1n) is 5.95. The van der Waals surface area contributed by atoms with Crippen molar-refractivity contribution in [2.45, 2.75) is 38.7 Å². The van der Waals surface area contributed by atoms with E-state index < -0.39 is 5.60 Å². The lowest BCUT2D eigenvalue weighted by atomic mass is 10.0. The molecule has 1 fully saturated rings. The predicted molar refractivity (Wildman–Crippen MR) is 64.0 cm³/mol. The minimum Gasteiger partial charge on any atom is -0.456 e. The first-order valence-corrected chi connectivity index (χ1v) is 5.95. The Morgan fingerprint density at radius 2 is 2.29 bits per heavy atom. The van der Waals surface area contributed by atoms with Gasteiger partial charge < -0.3 is 10.1 Å². The minimum atomic E-state index is -0.473. The lowest BCUT2D eigenvalue weighted by Gasteiger charge is -2.19. The highest BCUT2D eigenvalue weighted by molar-refractivity contribution is 5.90. The fraction of sp³-hybridized carbons (Fsp3) is 0.667. The molecule has 1 unspecified atom stereocenters. The zero-order valence-corrected chi connectivity index (χ0v) is 10.5. The van der Waals surface area contributed by atoms with E-state index in [1.165, 1.54) is 0 Å². The van der Waals surface area contributed by atoms with Crippen LogP contribution >= 0.6 is 0 Å². The van der Waals surface area contributed by atoms with Crippen LogP contribution in [0.5, 0.6) is 0 Å². The Labute approximate surface area is 101 Å². The molecule has 5 heteroatoms. The molecule has 0 aromatic carbocycles. The number of aromatic nitrogens is 2. The van der Waals surface area contributed by atoms with Crippen LogP contribution in [0.3, 0.4) is 0 Å². The number of esters is 1. The number of aromatic amines is 1. The molecule has 0 bridgehead atoms. The molecule has 2 rings (SSSR count). The van der Waals surface area contributed by atoms with Crippen LogP contribution in [0.15, 0.2) is 6.20 Å². The Kier molecular flexibility index (Phi) is 3.19. The van der Waals surface area contributed by atoms with Crippen molar-refractivity contribution in [2.24, 2.45) is 0 Å². The molecule has 2 N–H and O–H groups in total. The van der Waals surface area contributed by atoms with Gasteiger partial charge in [0.2, 0.25) is 0 Å². The van der Waals surface area contributed by atoms with Crippen LogP contribution in [0.2, 0.25) is 0 Å². The molecule has 0 saturated carbocycles. The second kappa shape index (κ2) is 4.49. The summed E-state index contributed by atoms with van der Waals surface area (Å²) in [6, 6.07) is 0. The third-order valence-corrected chi connectivity index (χ3v) is 2.76. The van der Waals surface area contributed by atoms with E-state index in [4.69, 9.17) is 4.74 Å². The molecule has 1 saturated heterocycles. The Bertz CT molecular complexity index is 400. The quantitative estimate of drug-likeness (QED) is 0.764. The largest absolute Gasteiger partial charge is 0.456 e. The standard InChI is InChI=1S/C12H19N3O2/c1-12(2,3)17-11(16)9-7-14-15-10(9)8-4-5-13-6-8/h7-8,13H,4-6H2,1-3H3,(H,14,15). The maximum absolute atomic E-state index is 12.0. The van der Waals surface area contributed by atoms with Crippen molar-refractivity contribution >= 4 is 5.97 Å². The topological polar surface area (TPSA) is 67.0 Å². The smallest absolute Gasteiger partial charge is 0.342 e. The lowest BCUT2D eigenvalue weighted by Crippen LogP contribution is -2.24. The number of carbonyl (C=O) groups excluding carboxylic acids is 1. The molecule has 94 valence electrons. The minimum absolute atomic E-state index is 0.298. The summed E-state index contributed by atoms with van der Waals surface area (Å²) in [5.41, 5.74) is 0.984. The number of nitrogens with zero attached hydrogens (tertiary/aromatic N) is 1. The van der Waals surface area contributed by atoms with Crippen molar-refractivity contribution in [1.29, 1.82) is 0 Å². The van der Waals surface area contributed by atoms with Gasteiger partial charge in [0.25, 0.3) is 0 Å². The van der Waals surface area contributed by atoms with Crippen LogP contribution in [-0.4, -0.2) is 34.9 Å². The summed E-state index contributed by atoms with van der Waals surface area (Å²) in [4.78, 5) is 12.0. The van der Waals surface area contributed by atoms with Gasteiger partial charge in [-0.2, -0.15) is 5.10 Å². The Hall–Kier alpha value is -1.36. The van der Waals surface area contributed by atoms with Crippen LogP contribution in [0.1, 0.15) is 49.2 Å². The first kappa shape index (κ1) is 12.1. The van der Waals surface area contributed by atoms with Gasteiger partial charge in [0, 0.05) is 12.5 Å². The summed E-state index contributed by atoms with van der Waals surface area (Å²) in [6.07, 6.45) is 2.58. The Morgan fingerprint density at radius 3 is 2.88 bits per heavy atom. The van der Waals surface area contributed by atoms with Crippen LogP contribution in [-0.2, 0) is 4.74 Å². The Balaban J connectivity index is 2.15. The number of ether oxygens (including phenoxy) is 1. The summed E-state index contributed by atoms with van der Waals surface area (Å²) in [5.74, 6) is 0.0353. The average molecular weight is 237 g/mol. The Morgan fingerprint density at radius 1 is 1.53 bits per heavy atom. The van der Waals surface area contributed by atoms with Gasteiger partial charge in [-0.05, 0) is 33.7 Å². The van der Waals surface area contributed by atoms with E-state index in [-0.39, 0.29) is 5.97 Å². The molecule has 0 spiro atoms. The zero-order valence-electron chi connectivity index (χ0n) is 10.5. The second-order valence-electron chi connectivity index (χ2n) is 5.39. The third-order valence-electron chi connectivity index (χ3n) is 2.76. The third kappa shape index (κ3) is 2.85. The number of rotatable bonds is 2. The van der Waals surface area contributed by atoms with Crippen LogP contribution < -0.4 is 5.32 Å². The molecule has 2 heterocycles. The number of hydrogen-bond acceptors (Lipinski definition) is 4. The van der Waals surface area contributed by atoms with E-state index in [1.54, 1.807) is 6.20 Å². The van der Waals surface area contributed by atoms with Crippen molar-refractivity contribution in [2.75, 3.05) is 13.1 Å². The van der Waals surface area contributed by atoms with Crippen LogP contribution in [0.25, 0.3) is 0 Å². The van der Waals surface area contributed by atoms with Gasteiger partial charge in [-0.1, -0.05) is 0 Å². The van der Waals surface area contributed by atoms with Crippen molar-refractivity contribution in [3.63, 3.8) is 0 Å². The van der Waals surface area contributed by atoms with Crippen molar-refractivity contribution in [3.05, 3.63) is 17.5 Å².